The van der Waals surface area contributed by atoms with Crippen LogP contribution in [0.2, 0.25) is 0 Å². The van der Waals surface area contributed by atoms with E-state index in [4.69, 9.17) is 0 Å². The SMILES string of the molecule is Cc1ccc(C(c2cc(C)cc(CO)c2O)c2cc(C)cc(CO)c2O)cc1. The average molecular weight is 378 g/mol. The van der Waals surface area contributed by atoms with Crippen molar-refractivity contribution >= 4 is 0 Å². The van der Waals surface area contributed by atoms with Gasteiger partial charge in [-0.25, -0.2) is 0 Å². The Kier molecular flexibility index (Phi) is 5.73. The van der Waals surface area contributed by atoms with Gasteiger partial charge < -0.3 is 20.4 Å². The molecule has 0 radical (unpaired) electrons. The van der Waals surface area contributed by atoms with Crippen LogP contribution in [0.15, 0.2) is 48.5 Å². The maximum absolute atomic E-state index is 10.9. The van der Waals surface area contributed by atoms with E-state index >= 15 is 0 Å². The molecule has 0 saturated heterocycles. The summed E-state index contributed by atoms with van der Waals surface area (Å²) in [6, 6.07) is 15.2. The lowest BCUT2D eigenvalue weighted by molar-refractivity contribution is 0.274. The predicted molar refractivity (Wildman–Crippen MR) is 110 cm³/mol. The van der Waals surface area contributed by atoms with Crippen LogP contribution in [-0.4, -0.2) is 20.4 Å². The minimum absolute atomic E-state index is 0.0186. The van der Waals surface area contributed by atoms with Crippen LogP contribution in [-0.2, 0) is 13.2 Å². The highest BCUT2D eigenvalue weighted by Crippen LogP contribution is 2.43. The van der Waals surface area contributed by atoms with E-state index in [1.165, 1.54) is 0 Å². The zero-order valence-corrected chi connectivity index (χ0v) is 16.4. The van der Waals surface area contributed by atoms with Crippen LogP contribution in [0, 0.1) is 20.8 Å². The van der Waals surface area contributed by atoms with Crippen LogP contribution >= 0.6 is 0 Å². The Balaban J connectivity index is 2.34. The van der Waals surface area contributed by atoms with Gasteiger partial charge in [-0.15, -0.1) is 0 Å². The second-order valence-electron chi connectivity index (χ2n) is 7.38. The monoisotopic (exact) mass is 378 g/mol. The molecule has 0 spiro atoms. The Bertz CT molecular complexity index is 931. The van der Waals surface area contributed by atoms with Crippen molar-refractivity contribution in [3.05, 3.63) is 93.0 Å². The summed E-state index contributed by atoms with van der Waals surface area (Å²) < 4.78 is 0. The lowest BCUT2D eigenvalue weighted by Crippen LogP contribution is -2.08. The van der Waals surface area contributed by atoms with E-state index in [0.717, 1.165) is 22.3 Å². The first-order valence-electron chi connectivity index (χ1n) is 9.28. The van der Waals surface area contributed by atoms with Gasteiger partial charge in [0.15, 0.2) is 0 Å². The number of benzene rings is 3. The minimum atomic E-state index is -0.448. The maximum atomic E-state index is 10.9. The fraction of sp³-hybridized carbons (Fsp3) is 0.250. The summed E-state index contributed by atoms with van der Waals surface area (Å²) in [4.78, 5) is 0. The van der Waals surface area contributed by atoms with Crippen molar-refractivity contribution in [1.82, 2.24) is 0 Å². The molecule has 28 heavy (non-hydrogen) atoms. The molecule has 0 amide bonds. The number of aryl methyl sites for hydroxylation is 3. The van der Waals surface area contributed by atoms with Gasteiger partial charge in [0.05, 0.1) is 13.2 Å². The standard InChI is InChI=1S/C24H26O4/c1-14-4-6-17(7-5-14)22(20-10-15(2)8-18(12-25)23(20)27)21-11-16(3)9-19(13-26)24(21)28/h4-11,22,25-28H,12-13H2,1-3H3. The fourth-order valence-corrected chi connectivity index (χ4v) is 3.73. The minimum Gasteiger partial charge on any atom is -0.507 e. The Morgan fingerprint density at radius 3 is 1.46 bits per heavy atom. The van der Waals surface area contributed by atoms with Gasteiger partial charge in [0.25, 0.3) is 0 Å². The highest BCUT2D eigenvalue weighted by Gasteiger charge is 2.26. The third kappa shape index (κ3) is 3.75. The van der Waals surface area contributed by atoms with Crippen molar-refractivity contribution in [2.45, 2.75) is 39.9 Å². The van der Waals surface area contributed by atoms with Crippen molar-refractivity contribution in [1.29, 1.82) is 0 Å². The van der Waals surface area contributed by atoms with Gasteiger partial charge in [0.1, 0.15) is 11.5 Å². The number of hydrogen-bond acceptors (Lipinski definition) is 4. The molecular weight excluding hydrogens is 352 g/mol. The largest absolute Gasteiger partial charge is 0.507 e. The van der Waals surface area contributed by atoms with E-state index in [9.17, 15) is 20.4 Å². The van der Waals surface area contributed by atoms with Crippen LogP contribution in [0.25, 0.3) is 0 Å². The Hall–Kier alpha value is -2.82. The number of aliphatic hydroxyl groups is 2. The Morgan fingerprint density at radius 2 is 1.07 bits per heavy atom. The van der Waals surface area contributed by atoms with E-state index in [2.05, 4.69) is 0 Å². The molecule has 0 heterocycles. The van der Waals surface area contributed by atoms with E-state index in [0.29, 0.717) is 22.3 Å². The van der Waals surface area contributed by atoms with E-state index in [-0.39, 0.29) is 24.7 Å². The van der Waals surface area contributed by atoms with Gasteiger partial charge in [0.2, 0.25) is 0 Å². The van der Waals surface area contributed by atoms with Gasteiger partial charge in [-0.1, -0.05) is 65.2 Å². The number of hydrogen-bond donors (Lipinski definition) is 4. The third-order valence-corrected chi connectivity index (χ3v) is 5.10. The smallest absolute Gasteiger partial charge is 0.125 e. The van der Waals surface area contributed by atoms with Crippen molar-refractivity contribution < 1.29 is 20.4 Å². The summed E-state index contributed by atoms with van der Waals surface area (Å²) >= 11 is 0. The van der Waals surface area contributed by atoms with E-state index in [1.54, 1.807) is 12.1 Å². The number of phenols is 2. The zero-order valence-electron chi connectivity index (χ0n) is 16.4. The van der Waals surface area contributed by atoms with Gasteiger partial charge >= 0.3 is 0 Å². The lowest BCUT2D eigenvalue weighted by atomic mass is 9.81. The quantitative estimate of drug-likeness (QED) is 0.502. The molecule has 0 unspecified atom stereocenters. The number of aliphatic hydroxyl groups excluding tert-OH is 2. The van der Waals surface area contributed by atoms with Crippen molar-refractivity contribution in [2.24, 2.45) is 0 Å². The molecule has 0 aliphatic rings. The molecule has 0 bridgehead atoms. The summed E-state index contributed by atoms with van der Waals surface area (Å²) in [5, 5.41) is 41.0. The summed E-state index contributed by atoms with van der Waals surface area (Å²) in [7, 11) is 0. The van der Waals surface area contributed by atoms with E-state index < -0.39 is 5.92 Å². The summed E-state index contributed by atoms with van der Waals surface area (Å²) in [5.74, 6) is -0.411. The first-order valence-corrected chi connectivity index (χ1v) is 9.28. The molecule has 0 saturated carbocycles. The summed E-state index contributed by atoms with van der Waals surface area (Å²) in [6.45, 7) is 5.26. The second-order valence-corrected chi connectivity index (χ2v) is 7.38. The van der Waals surface area contributed by atoms with Crippen molar-refractivity contribution in [3.8, 4) is 11.5 Å². The molecule has 0 fully saturated rings. The van der Waals surface area contributed by atoms with Crippen LogP contribution < -0.4 is 0 Å². The number of rotatable bonds is 5. The topological polar surface area (TPSA) is 80.9 Å². The Morgan fingerprint density at radius 1 is 0.643 bits per heavy atom. The van der Waals surface area contributed by atoms with Gasteiger partial charge in [-0.05, 0) is 26.3 Å². The highest BCUT2D eigenvalue weighted by atomic mass is 16.3. The molecule has 4 N–H and O–H groups in total. The second kappa shape index (κ2) is 8.05. The molecule has 146 valence electrons. The molecule has 0 aliphatic carbocycles. The first-order chi connectivity index (χ1) is 13.3. The van der Waals surface area contributed by atoms with Crippen LogP contribution in [0.3, 0.4) is 0 Å². The molecule has 3 rings (SSSR count). The summed E-state index contributed by atoms with van der Waals surface area (Å²) in [5.41, 5.74) is 5.93. The van der Waals surface area contributed by atoms with Crippen LogP contribution in [0.4, 0.5) is 0 Å². The molecule has 4 heteroatoms. The Labute approximate surface area is 165 Å². The van der Waals surface area contributed by atoms with Gasteiger partial charge in [-0.3, -0.25) is 0 Å². The van der Waals surface area contributed by atoms with E-state index in [1.807, 2.05) is 57.2 Å². The lowest BCUT2D eigenvalue weighted by Gasteiger charge is -2.24. The average Bonchev–Trinajstić information content (AvgIpc) is 2.68. The molecular formula is C24H26O4. The van der Waals surface area contributed by atoms with Crippen LogP contribution in [0.5, 0.6) is 11.5 Å². The summed E-state index contributed by atoms with van der Waals surface area (Å²) in [6.07, 6.45) is 0. The normalized spacial score (nSPS) is 11.2. The molecule has 3 aromatic rings. The van der Waals surface area contributed by atoms with Crippen molar-refractivity contribution in [3.63, 3.8) is 0 Å². The van der Waals surface area contributed by atoms with Gasteiger partial charge in [-0.2, -0.15) is 0 Å². The molecule has 0 aromatic heterocycles. The molecule has 0 atom stereocenters. The number of aromatic hydroxyl groups is 2. The molecule has 3 aromatic carbocycles. The molecule has 4 nitrogen and oxygen atoms in total. The maximum Gasteiger partial charge on any atom is 0.125 e. The van der Waals surface area contributed by atoms with Gasteiger partial charge in [0, 0.05) is 28.2 Å². The molecule has 0 aliphatic heterocycles. The third-order valence-electron chi connectivity index (χ3n) is 5.10. The van der Waals surface area contributed by atoms with Crippen LogP contribution in [0.1, 0.15) is 50.4 Å². The highest BCUT2D eigenvalue weighted by molar-refractivity contribution is 5.58. The zero-order chi connectivity index (χ0) is 20.4. The first kappa shape index (κ1) is 19.9. The van der Waals surface area contributed by atoms with Crippen molar-refractivity contribution in [2.75, 3.05) is 0 Å². The fourth-order valence-electron chi connectivity index (χ4n) is 3.73. The predicted octanol–water partition coefficient (Wildman–Crippen LogP) is 4.19.